The summed E-state index contributed by atoms with van der Waals surface area (Å²) in [6.07, 6.45) is -3.88. The van der Waals surface area contributed by atoms with Gasteiger partial charge in [0, 0.05) is 24.9 Å². The number of fused-ring (bicyclic) bond motifs is 1. The van der Waals surface area contributed by atoms with Crippen LogP contribution in [0.15, 0.2) is 34.7 Å². The van der Waals surface area contributed by atoms with Crippen molar-refractivity contribution < 1.29 is 27.1 Å². The number of benzene rings is 1. The molecule has 25 heavy (non-hydrogen) atoms. The molecule has 1 amide bonds. The van der Waals surface area contributed by atoms with Gasteiger partial charge in [0.2, 0.25) is 5.91 Å². The summed E-state index contributed by atoms with van der Waals surface area (Å²) in [5.41, 5.74) is 0.765. The Morgan fingerprint density at radius 2 is 2.12 bits per heavy atom. The van der Waals surface area contributed by atoms with E-state index in [4.69, 9.17) is 9.15 Å². The van der Waals surface area contributed by atoms with Crippen molar-refractivity contribution in [3.05, 3.63) is 36.1 Å². The van der Waals surface area contributed by atoms with Gasteiger partial charge in [0.1, 0.15) is 17.4 Å². The number of alkyl halides is 3. The summed E-state index contributed by atoms with van der Waals surface area (Å²) in [6, 6.07) is 8.52. The van der Waals surface area contributed by atoms with E-state index in [2.05, 4.69) is 5.32 Å². The number of para-hydroxylation sites is 1. The smallest absolute Gasteiger partial charge is 0.401 e. The molecule has 1 aromatic heterocycles. The van der Waals surface area contributed by atoms with Gasteiger partial charge >= 0.3 is 6.18 Å². The standard InChI is InChI=1S/C17H19F3N2O3/c18-17(19,20)11-22-7-8-24-10-14(22)16(23)21-6-5-13-9-12-3-1-2-4-15(12)25-13/h1-4,9,14H,5-8,10-11H2,(H,21,23)/t14-/m0/s1. The molecule has 1 N–H and O–H groups in total. The minimum atomic E-state index is -4.34. The average Bonchev–Trinajstić information content (AvgIpc) is 2.96. The van der Waals surface area contributed by atoms with Gasteiger partial charge in [0.25, 0.3) is 0 Å². The van der Waals surface area contributed by atoms with Crippen LogP contribution in [0.4, 0.5) is 13.2 Å². The molecule has 0 bridgehead atoms. The van der Waals surface area contributed by atoms with Crippen LogP contribution in [0.3, 0.4) is 0 Å². The maximum Gasteiger partial charge on any atom is 0.401 e. The zero-order chi connectivity index (χ0) is 17.9. The van der Waals surface area contributed by atoms with Gasteiger partial charge in [-0.15, -0.1) is 0 Å². The molecule has 0 unspecified atom stereocenters. The number of carbonyl (C=O) groups excluding carboxylic acids is 1. The number of nitrogens with zero attached hydrogens (tertiary/aromatic N) is 1. The summed E-state index contributed by atoms with van der Waals surface area (Å²) < 4.78 is 48.7. The van der Waals surface area contributed by atoms with E-state index in [1.54, 1.807) is 0 Å². The van der Waals surface area contributed by atoms with E-state index in [0.29, 0.717) is 12.2 Å². The Bertz CT molecular complexity index is 696. The van der Waals surface area contributed by atoms with Gasteiger partial charge in [-0.1, -0.05) is 18.2 Å². The molecule has 136 valence electrons. The molecule has 3 rings (SSSR count). The first kappa shape index (κ1) is 17.8. The van der Waals surface area contributed by atoms with Crippen LogP contribution in [0.2, 0.25) is 0 Å². The summed E-state index contributed by atoms with van der Waals surface area (Å²) >= 11 is 0. The second-order valence-electron chi connectivity index (χ2n) is 5.97. The Labute approximate surface area is 142 Å². The van der Waals surface area contributed by atoms with E-state index in [0.717, 1.165) is 15.9 Å². The fraction of sp³-hybridized carbons (Fsp3) is 0.471. The molecule has 0 saturated carbocycles. The molecule has 0 aliphatic carbocycles. The van der Waals surface area contributed by atoms with E-state index >= 15 is 0 Å². The van der Waals surface area contributed by atoms with E-state index in [-0.39, 0.29) is 26.3 Å². The first-order chi connectivity index (χ1) is 11.9. The van der Waals surface area contributed by atoms with Crippen LogP contribution in [-0.2, 0) is 16.0 Å². The maximum absolute atomic E-state index is 12.6. The highest BCUT2D eigenvalue weighted by Gasteiger charge is 2.38. The maximum atomic E-state index is 12.6. The monoisotopic (exact) mass is 356 g/mol. The molecule has 2 heterocycles. The molecule has 1 atom stereocenters. The normalized spacial score (nSPS) is 19.2. The van der Waals surface area contributed by atoms with Crippen LogP contribution < -0.4 is 5.32 Å². The summed E-state index contributed by atoms with van der Waals surface area (Å²) in [7, 11) is 0. The lowest BCUT2D eigenvalue weighted by molar-refractivity contribution is -0.166. The minimum Gasteiger partial charge on any atom is -0.461 e. The number of ether oxygens (including phenoxy) is 1. The summed E-state index contributed by atoms with van der Waals surface area (Å²) in [5.74, 6) is 0.258. The Morgan fingerprint density at radius 1 is 1.32 bits per heavy atom. The highest BCUT2D eigenvalue weighted by Crippen LogP contribution is 2.20. The number of hydrogen-bond acceptors (Lipinski definition) is 4. The van der Waals surface area contributed by atoms with Gasteiger partial charge in [-0.25, -0.2) is 0 Å². The number of halogens is 3. The number of morpholine rings is 1. The summed E-state index contributed by atoms with van der Waals surface area (Å²) in [6.45, 7) is -0.584. The average molecular weight is 356 g/mol. The van der Waals surface area contributed by atoms with Gasteiger partial charge in [0.05, 0.1) is 19.8 Å². The molecular formula is C17H19F3N2O3. The largest absolute Gasteiger partial charge is 0.461 e. The van der Waals surface area contributed by atoms with E-state index < -0.39 is 24.7 Å². The van der Waals surface area contributed by atoms with Crippen molar-refractivity contribution in [2.24, 2.45) is 0 Å². The van der Waals surface area contributed by atoms with Gasteiger partial charge < -0.3 is 14.5 Å². The quantitative estimate of drug-likeness (QED) is 0.894. The van der Waals surface area contributed by atoms with Crippen LogP contribution in [0.1, 0.15) is 5.76 Å². The number of amides is 1. The van der Waals surface area contributed by atoms with Crippen LogP contribution >= 0.6 is 0 Å². The van der Waals surface area contributed by atoms with Crippen LogP contribution in [0.25, 0.3) is 11.0 Å². The lowest BCUT2D eigenvalue weighted by Crippen LogP contribution is -2.56. The van der Waals surface area contributed by atoms with Gasteiger partial charge in [-0.05, 0) is 12.1 Å². The van der Waals surface area contributed by atoms with Crippen LogP contribution in [-0.4, -0.2) is 55.9 Å². The van der Waals surface area contributed by atoms with Gasteiger partial charge in [0.15, 0.2) is 0 Å². The van der Waals surface area contributed by atoms with E-state index in [1.165, 1.54) is 0 Å². The number of carbonyl (C=O) groups is 1. The lowest BCUT2D eigenvalue weighted by atomic mass is 10.2. The molecule has 1 aromatic carbocycles. The van der Waals surface area contributed by atoms with Crippen molar-refractivity contribution >= 4 is 16.9 Å². The summed E-state index contributed by atoms with van der Waals surface area (Å²) in [4.78, 5) is 13.3. The number of nitrogens with one attached hydrogen (secondary N) is 1. The van der Waals surface area contributed by atoms with Gasteiger partial charge in [-0.3, -0.25) is 9.69 Å². The van der Waals surface area contributed by atoms with Crippen molar-refractivity contribution in [3.63, 3.8) is 0 Å². The first-order valence-electron chi connectivity index (χ1n) is 8.06. The number of furan rings is 1. The molecular weight excluding hydrogens is 337 g/mol. The molecule has 2 aromatic rings. The lowest BCUT2D eigenvalue weighted by Gasteiger charge is -2.34. The third kappa shape index (κ3) is 4.73. The molecule has 0 radical (unpaired) electrons. The fourth-order valence-corrected chi connectivity index (χ4v) is 2.89. The fourth-order valence-electron chi connectivity index (χ4n) is 2.89. The first-order valence-corrected chi connectivity index (χ1v) is 8.06. The molecule has 0 spiro atoms. The van der Waals surface area contributed by atoms with Crippen molar-refractivity contribution in [2.45, 2.75) is 18.6 Å². The molecule has 1 aliphatic heterocycles. The molecule has 8 heteroatoms. The van der Waals surface area contributed by atoms with Crippen molar-refractivity contribution in [2.75, 3.05) is 32.8 Å². The van der Waals surface area contributed by atoms with Crippen molar-refractivity contribution in [3.8, 4) is 0 Å². The van der Waals surface area contributed by atoms with E-state index in [9.17, 15) is 18.0 Å². The van der Waals surface area contributed by atoms with Crippen molar-refractivity contribution in [1.82, 2.24) is 10.2 Å². The third-order valence-corrected chi connectivity index (χ3v) is 4.07. The Morgan fingerprint density at radius 3 is 2.88 bits per heavy atom. The predicted octanol–water partition coefficient (Wildman–Crippen LogP) is 2.35. The minimum absolute atomic E-state index is 0.0352. The van der Waals surface area contributed by atoms with Crippen LogP contribution in [0.5, 0.6) is 0 Å². The zero-order valence-electron chi connectivity index (χ0n) is 13.5. The van der Waals surface area contributed by atoms with E-state index in [1.807, 2.05) is 30.3 Å². The second kappa shape index (κ2) is 7.45. The highest BCUT2D eigenvalue weighted by atomic mass is 19.4. The Kier molecular flexibility index (Phi) is 5.29. The molecule has 1 aliphatic rings. The molecule has 1 fully saturated rings. The number of hydrogen-bond donors (Lipinski definition) is 1. The topological polar surface area (TPSA) is 54.7 Å². The molecule has 5 nitrogen and oxygen atoms in total. The summed E-state index contributed by atoms with van der Waals surface area (Å²) in [5, 5.41) is 3.65. The Balaban J connectivity index is 1.53. The second-order valence-corrected chi connectivity index (χ2v) is 5.97. The third-order valence-electron chi connectivity index (χ3n) is 4.07. The van der Waals surface area contributed by atoms with Crippen molar-refractivity contribution in [1.29, 1.82) is 0 Å². The molecule has 1 saturated heterocycles. The number of rotatable bonds is 5. The van der Waals surface area contributed by atoms with Gasteiger partial charge in [-0.2, -0.15) is 13.2 Å². The Hall–Kier alpha value is -2.06. The van der Waals surface area contributed by atoms with Crippen LogP contribution in [0, 0.1) is 0 Å². The highest BCUT2D eigenvalue weighted by molar-refractivity contribution is 5.82. The SMILES string of the molecule is O=C(NCCc1cc2ccccc2o1)[C@@H]1COCCN1CC(F)(F)F. The zero-order valence-corrected chi connectivity index (χ0v) is 13.5. The predicted molar refractivity (Wildman–Crippen MR) is 85.2 cm³/mol.